The molecule has 6 heteroatoms. The van der Waals surface area contributed by atoms with E-state index in [9.17, 15) is 4.79 Å². The van der Waals surface area contributed by atoms with Crippen LogP contribution in [0.4, 0.5) is 0 Å². The van der Waals surface area contributed by atoms with Crippen molar-refractivity contribution < 1.29 is 9.53 Å². The Labute approximate surface area is 150 Å². The highest BCUT2D eigenvalue weighted by Gasteiger charge is 2.35. The van der Waals surface area contributed by atoms with Gasteiger partial charge in [-0.3, -0.25) is 9.69 Å². The normalized spacial score (nSPS) is 24.9. The number of likely N-dealkylation sites (tertiary alicyclic amines) is 1. The zero-order valence-electron chi connectivity index (χ0n) is 15.6. The maximum atomic E-state index is 12.7. The number of pyridine rings is 1. The smallest absolute Gasteiger partial charge is 0.272 e. The van der Waals surface area contributed by atoms with Crippen molar-refractivity contribution in [2.75, 3.05) is 60.0 Å². The summed E-state index contributed by atoms with van der Waals surface area (Å²) in [4.78, 5) is 23.8. The largest absolute Gasteiger partial charge is 0.375 e. The second-order valence-corrected chi connectivity index (χ2v) is 7.48. The molecule has 1 amide bonds. The summed E-state index contributed by atoms with van der Waals surface area (Å²) in [6.07, 6.45) is 1.15. The van der Waals surface area contributed by atoms with Crippen molar-refractivity contribution in [3.8, 4) is 0 Å². The number of amides is 1. The van der Waals surface area contributed by atoms with E-state index < -0.39 is 0 Å². The fourth-order valence-corrected chi connectivity index (χ4v) is 3.67. The maximum Gasteiger partial charge on any atom is 0.272 e. The first-order chi connectivity index (χ1) is 12.0. The molecular formula is C19H30N4O2. The molecule has 0 radical (unpaired) electrons. The Kier molecular flexibility index (Phi) is 6.04. The van der Waals surface area contributed by atoms with Crippen molar-refractivity contribution in [1.29, 1.82) is 0 Å². The van der Waals surface area contributed by atoms with Crippen molar-refractivity contribution in [3.05, 3.63) is 29.6 Å². The van der Waals surface area contributed by atoms with Crippen molar-refractivity contribution in [2.24, 2.45) is 5.92 Å². The van der Waals surface area contributed by atoms with Gasteiger partial charge >= 0.3 is 0 Å². The molecule has 0 aliphatic carbocycles. The monoisotopic (exact) mass is 346 g/mol. The number of aryl methyl sites for hydroxylation is 1. The van der Waals surface area contributed by atoms with Crippen LogP contribution < -0.4 is 0 Å². The maximum absolute atomic E-state index is 12.7. The molecule has 0 saturated carbocycles. The van der Waals surface area contributed by atoms with Gasteiger partial charge in [-0.1, -0.05) is 6.07 Å². The van der Waals surface area contributed by atoms with Crippen LogP contribution >= 0.6 is 0 Å². The molecule has 2 saturated heterocycles. The van der Waals surface area contributed by atoms with Gasteiger partial charge in [-0.15, -0.1) is 0 Å². The van der Waals surface area contributed by atoms with E-state index in [1.165, 1.54) is 0 Å². The summed E-state index contributed by atoms with van der Waals surface area (Å²) in [6.45, 7) is 8.34. The average molecular weight is 346 g/mol. The molecule has 2 aliphatic heterocycles. The SMILES string of the molecule is Cc1cccc(C(=O)N2CC[C@H]3CN(CCN(C)C)CCO[C@H]3C2)n1. The molecular weight excluding hydrogens is 316 g/mol. The fraction of sp³-hybridized carbons (Fsp3) is 0.684. The molecule has 138 valence electrons. The minimum Gasteiger partial charge on any atom is -0.375 e. The molecule has 3 heterocycles. The van der Waals surface area contributed by atoms with Crippen LogP contribution in [0, 0.1) is 12.8 Å². The lowest BCUT2D eigenvalue weighted by Gasteiger charge is -2.38. The van der Waals surface area contributed by atoms with E-state index in [0.29, 0.717) is 18.2 Å². The molecule has 1 aromatic heterocycles. The third-order valence-corrected chi connectivity index (χ3v) is 5.19. The van der Waals surface area contributed by atoms with Gasteiger partial charge in [0.25, 0.3) is 5.91 Å². The third kappa shape index (κ3) is 4.77. The quantitative estimate of drug-likeness (QED) is 0.818. The molecule has 2 aliphatic rings. The van der Waals surface area contributed by atoms with Gasteiger partial charge in [-0.25, -0.2) is 4.98 Å². The van der Waals surface area contributed by atoms with E-state index >= 15 is 0 Å². The van der Waals surface area contributed by atoms with Crippen LogP contribution in [0.25, 0.3) is 0 Å². The van der Waals surface area contributed by atoms with E-state index in [4.69, 9.17) is 4.74 Å². The zero-order valence-corrected chi connectivity index (χ0v) is 15.6. The number of carbonyl (C=O) groups is 1. The topological polar surface area (TPSA) is 48.9 Å². The van der Waals surface area contributed by atoms with E-state index in [0.717, 1.165) is 51.4 Å². The first kappa shape index (κ1) is 18.3. The number of nitrogens with zero attached hydrogens (tertiary/aromatic N) is 4. The molecule has 2 atom stereocenters. The molecule has 0 N–H and O–H groups in total. The van der Waals surface area contributed by atoms with Crippen LogP contribution in [0.1, 0.15) is 22.6 Å². The van der Waals surface area contributed by atoms with Crippen LogP contribution in [-0.2, 0) is 4.74 Å². The van der Waals surface area contributed by atoms with Gasteiger partial charge < -0.3 is 14.5 Å². The standard InChI is InChI=1S/C19H30N4O2/c1-15-5-4-6-17(20-15)19(24)23-8-7-16-13-22(10-9-21(2)3)11-12-25-18(16)14-23/h4-6,16,18H,7-14H2,1-3H3/t16-,18-/m0/s1. The summed E-state index contributed by atoms with van der Waals surface area (Å²) in [6, 6.07) is 5.62. The summed E-state index contributed by atoms with van der Waals surface area (Å²) < 4.78 is 6.11. The Hall–Kier alpha value is -1.50. The number of likely N-dealkylation sites (N-methyl/N-ethyl adjacent to an activating group) is 1. The predicted molar refractivity (Wildman–Crippen MR) is 97.7 cm³/mol. The fourth-order valence-electron chi connectivity index (χ4n) is 3.67. The lowest BCUT2D eigenvalue weighted by Crippen LogP contribution is -2.49. The molecule has 0 unspecified atom stereocenters. The Bertz CT molecular complexity index is 593. The highest BCUT2D eigenvalue weighted by atomic mass is 16.5. The van der Waals surface area contributed by atoms with E-state index in [2.05, 4.69) is 28.9 Å². The number of ether oxygens (including phenoxy) is 1. The van der Waals surface area contributed by atoms with E-state index in [-0.39, 0.29) is 12.0 Å². The lowest BCUT2D eigenvalue weighted by atomic mass is 9.93. The highest BCUT2D eigenvalue weighted by molar-refractivity contribution is 5.92. The van der Waals surface area contributed by atoms with Crippen LogP contribution in [0.15, 0.2) is 18.2 Å². The van der Waals surface area contributed by atoms with Crippen molar-refractivity contribution in [1.82, 2.24) is 19.7 Å². The molecule has 3 rings (SSSR count). The minimum atomic E-state index is 0.0273. The van der Waals surface area contributed by atoms with Gasteiger partial charge in [0.15, 0.2) is 0 Å². The van der Waals surface area contributed by atoms with E-state index in [1.807, 2.05) is 24.0 Å². The molecule has 6 nitrogen and oxygen atoms in total. The number of hydrogen-bond donors (Lipinski definition) is 0. The lowest BCUT2D eigenvalue weighted by molar-refractivity contribution is -0.0172. The Morgan fingerprint density at radius 2 is 2.16 bits per heavy atom. The zero-order chi connectivity index (χ0) is 17.8. The van der Waals surface area contributed by atoms with Gasteiger partial charge in [0, 0.05) is 50.9 Å². The van der Waals surface area contributed by atoms with Crippen molar-refractivity contribution in [3.63, 3.8) is 0 Å². The second-order valence-electron chi connectivity index (χ2n) is 7.48. The number of carbonyl (C=O) groups excluding carboxylic acids is 1. The number of rotatable bonds is 4. The van der Waals surface area contributed by atoms with Crippen LogP contribution in [0.2, 0.25) is 0 Å². The second kappa shape index (κ2) is 8.25. The van der Waals surface area contributed by atoms with Gasteiger partial charge in [0.1, 0.15) is 5.69 Å². The van der Waals surface area contributed by atoms with Gasteiger partial charge in [0.05, 0.1) is 12.7 Å². The highest BCUT2D eigenvalue weighted by Crippen LogP contribution is 2.25. The van der Waals surface area contributed by atoms with Crippen LogP contribution in [0.5, 0.6) is 0 Å². The summed E-state index contributed by atoms with van der Waals surface area (Å²) >= 11 is 0. The summed E-state index contributed by atoms with van der Waals surface area (Å²) in [5.41, 5.74) is 1.42. The number of piperidine rings is 1. The number of aromatic nitrogens is 1. The number of fused-ring (bicyclic) bond motifs is 1. The first-order valence-corrected chi connectivity index (χ1v) is 9.24. The predicted octanol–water partition coefficient (Wildman–Crippen LogP) is 1.11. The summed E-state index contributed by atoms with van der Waals surface area (Å²) in [5, 5.41) is 0. The average Bonchev–Trinajstić information content (AvgIpc) is 2.80. The van der Waals surface area contributed by atoms with Gasteiger partial charge in [0.2, 0.25) is 0 Å². The van der Waals surface area contributed by atoms with Crippen LogP contribution in [-0.4, -0.2) is 91.7 Å². The molecule has 2 fully saturated rings. The minimum absolute atomic E-state index is 0.0273. The van der Waals surface area contributed by atoms with Gasteiger partial charge in [-0.2, -0.15) is 0 Å². The molecule has 0 bridgehead atoms. The molecule has 1 aromatic rings. The molecule has 0 aromatic carbocycles. The first-order valence-electron chi connectivity index (χ1n) is 9.24. The van der Waals surface area contributed by atoms with E-state index in [1.54, 1.807) is 6.07 Å². The summed E-state index contributed by atoms with van der Waals surface area (Å²) in [7, 11) is 4.22. The Morgan fingerprint density at radius 3 is 2.92 bits per heavy atom. The van der Waals surface area contributed by atoms with Crippen molar-refractivity contribution >= 4 is 5.91 Å². The third-order valence-electron chi connectivity index (χ3n) is 5.19. The molecule has 0 spiro atoms. The van der Waals surface area contributed by atoms with Crippen LogP contribution in [0.3, 0.4) is 0 Å². The Morgan fingerprint density at radius 1 is 1.32 bits per heavy atom. The Balaban J connectivity index is 1.59. The van der Waals surface area contributed by atoms with Gasteiger partial charge in [-0.05, 0) is 39.6 Å². The summed E-state index contributed by atoms with van der Waals surface area (Å²) in [5.74, 6) is 0.540. The number of hydrogen-bond acceptors (Lipinski definition) is 5. The molecule has 25 heavy (non-hydrogen) atoms. The van der Waals surface area contributed by atoms with Crippen molar-refractivity contribution in [2.45, 2.75) is 19.4 Å².